The number of carbonyl (C=O) groups excluding carboxylic acids is 1. The van der Waals surface area contributed by atoms with Gasteiger partial charge in [-0.3, -0.25) is 4.31 Å². The molecule has 1 aliphatic heterocycles. The molecule has 1 aliphatic rings. The number of aromatic nitrogens is 2. The van der Waals surface area contributed by atoms with Crippen molar-refractivity contribution in [2.45, 2.75) is 39.1 Å². The highest BCUT2D eigenvalue weighted by Gasteiger charge is 2.39. The Bertz CT molecular complexity index is 1520. The van der Waals surface area contributed by atoms with Crippen LogP contribution in [0.5, 0.6) is 0 Å². The molecule has 0 aliphatic carbocycles. The van der Waals surface area contributed by atoms with Crippen LogP contribution >= 0.6 is 0 Å². The van der Waals surface area contributed by atoms with E-state index in [9.17, 15) is 30.8 Å². The Kier molecular flexibility index (Phi) is 8.27. The van der Waals surface area contributed by atoms with Gasteiger partial charge in [0.1, 0.15) is 17.2 Å². The van der Waals surface area contributed by atoms with Gasteiger partial charge in [-0.25, -0.2) is 13.6 Å². The maximum absolute atomic E-state index is 15.2. The molecule has 0 unspecified atom stereocenters. The van der Waals surface area contributed by atoms with Gasteiger partial charge in [0, 0.05) is 37.3 Å². The lowest BCUT2D eigenvalue weighted by Gasteiger charge is -2.37. The Hall–Kier alpha value is -3.79. The van der Waals surface area contributed by atoms with Gasteiger partial charge in [-0.05, 0) is 51.1 Å². The van der Waals surface area contributed by atoms with Crippen LogP contribution in [0, 0.1) is 11.6 Å². The third-order valence-electron chi connectivity index (χ3n) is 5.87. The van der Waals surface area contributed by atoms with Gasteiger partial charge in [0.2, 0.25) is 5.89 Å². The van der Waals surface area contributed by atoms with Gasteiger partial charge in [-0.15, -0.1) is 10.2 Å². The van der Waals surface area contributed by atoms with Crippen molar-refractivity contribution in [3.05, 3.63) is 65.6 Å². The van der Waals surface area contributed by atoms with Crippen LogP contribution in [0.4, 0.5) is 32.4 Å². The van der Waals surface area contributed by atoms with Crippen LogP contribution in [0.3, 0.4) is 0 Å². The summed E-state index contributed by atoms with van der Waals surface area (Å²) in [5.74, 6) is -3.89. The first kappa shape index (κ1) is 30.2. The minimum absolute atomic E-state index is 0.0261. The Labute approximate surface area is 232 Å². The fraction of sp³-hybridized carbons (Fsp3) is 0.400. The third kappa shape index (κ3) is 7.11. The molecule has 222 valence electrons. The molecule has 41 heavy (non-hydrogen) atoms. The minimum atomic E-state index is -4.89. The smallest absolute Gasteiger partial charge is 0.444 e. The number of rotatable bonds is 6. The summed E-state index contributed by atoms with van der Waals surface area (Å²) in [5.41, 5.74) is -1.15. The first-order chi connectivity index (χ1) is 19.0. The summed E-state index contributed by atoms with van der Waals surface area (Å²) >= 11 is 0. The molecule has 0 saturated carbocycles. The van der Waals surface area contributed by atoms with Crippen LogP contribution in [0.25, 0.3) is 11.5 Å². The minimum Gasteiger partial charge on any atom is -0.444 e. The number of piperazine rings is 1. The van der Waals surface area contributed by atoms with Crippen molar-refractivity contribution < 1.29 is 44.3 Å². The van der Waals surface area contributed by atoms with Gasteiger partial charge >= 0.3 is 28.4 Å². The molecule has 1 fully saturated rings. The monoisotopic (exact) mass is 603 g/mol. The number of ether oxygens (including phenoxy) is 1. The molecule has 0 bridgehead atoms. The SMILES string of the molecule is CC(C)(C)OC(=O)N1CCN(S(=O)(=O)N(Cc2ccc(-c3nnc(C(F)(F)F)o3)cc2F)c2cccc(F)c2)CC1. The van der Waals surface area contributed by atoms with Crippen molar-refractivity contribution in [3.8, 4) is 11.5 Å². The molecular weight excluding hydrogens is 577 g/mol. The summed E-state index contributed by atoms with van der Waals surface area (Å²) in [6.07, 6.45) is -5.48. The fourth-order valence-electron chi connectivity index (χ4n) is 3.92. The normalized spacial score (nSPS) is 15.2. The number of anilines is 1. The van der Waals surface area contributed by atoms with Gasteiger partial charge in [0.15, 0.2) is 0 Å². The third-order valence-corrected chi connectivity index (χ3v) is 7.79. The molecule has 1 saturated heterocycles. The van der Waals surface area contributed by atoms with Gasteiger partial charge < -0.3 is 14.1 Å². The Balaban J connectivity index is 1.58. The average molecular weight is 604 g/mol. The van der Waals surface area contributed by atoms with Crippen LogP contribution < -0.4 is 4.31 Å². The van der Waals surface area contributed by atoms with Crippen molar-refractivity contribution in [1.82, 2.24) is 19.4 Å². The van der Waals surface area contributed by atoms with Crippen molar-refractivity contribution in [2.75, 3.05) is 30.5 Å². The number of amides is 1. The summed E-state index contributed by atoms with van der Waals surface area (Å²) in [6, 6.07) is 7.90. The van der Waals surface area contributed by atoms with Crippen molar-refractivity contribution >= 4 is 22.0 Å². The second-order valence-electron chi connectivity index (χ2n) is 10.1. The van der Waals surface area contributed by atoms with Gasteiger partial charge in [0.25, 0.3) is 0 Å². The molecule has 16 heteroatoms. The molecule has 0 N–H and O–H groups in total. The highest BCUT2D eigenvalue weighted by Crippen LogP contribution is 2.32. The molecule has 2 aromatic carbocycles. The van der Waals surface area contributed by atoms with Crippen LogP contribution in [0.15, 0.2) is 46.9 Å². The molecule has 10 nitrogen and oxygen atoms in total. The summed E-state index contributed by atoms with van der Waals surface area (Å²) in [6.45, 7) is 4.38. The molecule has 1 amide bonds. The van der Waals surface area contributed by atoms with Gasteiger partial charge in [-0.2, -0.15) is 25.9 Å². The maximum Gasteiger partial charge on any atom is 0.470 e. The number of carbonyl (C=O) groups is 1. The topological polar surface area (TPSA) is 109 Å². The number of halogens is 5. The second kappa shape index (κ2) is 11.2. The highest BCUT2D eigenvalue weighted by atomic mass is 32.2. The maximum atomic E-state index is 15.2. The van der Waals surface area contributed by atoms with Crippen LogP contribution in [0.1, 0.15) is 32.2 Å². The molecule has 2 heterocycles. The highest BCUT2D eigenvalue weighted by molar-refractivity contribution is 7.90. The first-order valence-electron chi connectivity index (χ1n) is 12.3. The van der Waals surface area contributed by atoms with Gasteiger partial charge in [0.05, 0.1) is 12.2 Å². The van der Waals surface area contributed by atoms with Crippen molar-refractivity contribution in [1.29, 1.82) is 0 Å². The number of alkyl halides is 3. The Morgan fingerprint density at radius 1 is 1.02 bits per heavy atom. The molecule has 0 radical (unpaired) electrons. The molecule has 0 spiro atoms. The molecule has 1 aromatic heterocycles. The Morgan fingerprint density at radius 2 is 1.71 bits per heavy atom. The summed E-state index contributed by atoms with van der Waals surface area (Å²) in [7, 11) is -4.38. The lowest BCUT2D eigenvalue weighted by Crippen LogP contribution is -2.54. The number of hydrogen-bond donors (Lipinski definition) is 0. The van der Waals surface area contributed by atoms with Gasteiger partial charge in [-0.1, -0.05) is 12.1 Å². The largest absolute Gasteiger partial charge is 0.470 e. The van der Waals surface area contributed by atoms with E-state index in [4.69, 9.17) is 4.74 Å². The van der Waals surface area contributed by atoms with E-state index >= 15 is 4.39 Å². The summed E-state index contributed by atoms with van der Waals surface area (Å²) < 4.78 is 107. The predicted octanol–water partition coefficient (Wildman–Crippen LogP) is 4.84. The molecule has 3 aromatic rings. The Morgan fingerprint density at radius 3 is 2.27 bits per heavy atom. The summed E-state index contributed by atoms with van der Waals surface area (Å²) in [5, 5.41) is 6.19. The lowest BCUT2D eigenvalue weighted by atomic mass is 10.1. The average Bonchev–Trinajstić information content (AvgIpc) is 3.38. The molecule has 0 atom stereocenters. The van der Waals surface area contributed by atoms with Crippen LogP contribution in [-0.4, -0.2) is 65.7 Å². The van der Waals surface area contributed by atoms with E-state index in [1.165, 1.54) is 23.1 Å². The number of nitrogens with zero attached hydrogens (tertiary/aromatic N) is 5. The van der Waals surface area contributed by atoms with Crippen molar-refractivity contribution in [2.24, 2.45) is 0 Å². The van der Waals surface area contributed by atoms with E-state index in [0.717, 1.165) is 32.9 Å². The van der Waals surface area contributed by atoms with Crippen LogP contribution in [0.2, 0.25) is 0 Å². The fourth-order valence-corrected chi connectivity index (χ4v) is 5.51. The second-order valence-corrected chi connectivity index (χ2v) is 11.9. The quantitative estimate of drug-likeness (QED) is 0.371. The number of benzene rings is 2. The van der Waals surface area contributed by atoms with Crippen LogP contribution in [-0.2, 0) is 27.7 Å². The zero-order chi connectivity index (χ0) is 30.2. The predicted molar refractivity (Wildman–Crippen MR) is 136 cm³/mol. The van der Waals surface area contributed by atoms with Crippen molar-refractivity contribution in [3.63, 3.8) is 0 Å². The zero-order valence-corrected chi connectivity index (χ0v) is 23.0. The summed E-state index contributed by atoms with van der Waals surface area (Å²) in [4.78, 5) is 13.8. The lowest BCUT2D eigenvalue weighted by molar-refractivity contribution is -0.156. The van der Waals surface area contributed by atoms with E-state index in [1.54, 1.807) is 20.8 Å². The molecule has 4 rings (SSSR count). The molecular formula is C25H26F5N5O5S. The first-order valence-corrected chi connectivity index (χ1v) is 13.6. The van der Waals surface area contributed by atoms with E-state index in [2.05, 4.69) is 14.6 Å². The van der Waals surface area contributed by atoms with E-state index in [-0.39, 0.29) is 43.0 Å². The standard InChI is InChI=1S/C25H26F5N5O5S/c1-24(2,3)40-23(36)33-9-11-34(12-10-33)41(37,38)35(19-6-4-5-18(26)14-19)15-17-8-7-16(13-20(17)27)21-31-32-22(39-21)25(28,29)30/h4-8,13-14H,9-12,15H2,1-3H3. The number of hydrogen-bond acceptors (Lipinski definition) is 7. The van der Waals surface area contributed by atoms with E-state index in [1.807, 2.05) is 0 Å². The zero-order valence-electron chi connectivity index (χ0n) is 22.2. The van der Waals surface area contributed by atoms with E-state index in [0.29, 0.717) is 0 Å². The van der Waals surface area contributed by atoms with E-state index < -0.39 is 58.0 Å².